The number of para-hydroxylation sites is 2. The highest BCUT2D eigenvalue weighted by molar-refractivity contribution is 5.92. The molecule has 1 aromatic heterocycles. The third-order valence-corrected chi connectivity index (χ3v) is 4.90. The second kappa shape index (κ2) is 6.83. The summed E-state index contributed by atoms with van der Waals surface area (Å²) >= 11 is 0. The molecule has 26 heavy (non-hydrogen) atoms. The van der Waals surface area contributed by atoms with E-state index in [0.717, 1.165) is 48.8 Å². The number of amides is 1. The maximum absolute atomic E-state index is 11.8. The molecule has 4 rings (SSSR count). The molecule has 0 saturated carbocycles. The Morgan fingerprint density at radius 3 is 2.62 bits per heavy atom. The Morgan fingerprint density at radius 2 is 1.85 bits per heavy atom. The van der Waals surface area contributed by atoms with Gasteiger partial charge in [0.05, 0.1) is 17.6 Å². The molecular weight excluding hydrogens is 324 g/mol. The zero-order chi connectivity index (χ0) is 18.1. The van der Waals surface area contributed by atoms with Gasteiger partial charge >= 0.3 is 0 Å². The molecular formula is C21H24N4O. The molecule has 134 valence electrons. The standard InChI is InChI=1S/C21H24N4O/c1-15(2)21(26)22-16-8-10-17(11-9-16)24-12-5-13-25-19-7-4-3-6-18(19)23-20(25)14-24/h3-4,6-11,15H,5,12-14H2,1-2H3,(H,22,26). The Kier molecular flexibility index (Phi) is 4.37. The van der Waals surface area contributed by atoms with E-state index in [1.807, 2.05) is 32.0 Å². The van der Waals surface area contributed by atoms with Crippen molar-refractivity contribution < 1.29 is 4.79 Å². The Bertz CT molecular complexity index is 927. The summed E-state index contributed by atoms with van der Waals surface area (Å²) in [5.41, 5.74) is 4.29. The smallest absolute Gasteiger partial charge is 0.226 e. The third-order valence-electron chi connectivity index (χ3n) is 4.90. The van der Waals surface area contributed by atoms with E-state index in [0.29, 0.717) is 0 Å². The van der Waals surface area contributed by atoms with Crippen LogP contribution in [0, 0.1) is 5.92 Å². The van der Waals surface area contributed by atoms with Crippen molar-refractivity contribution >= 4 is 28.3 Å². The van der Waals surface area contributed by atoms with Gasteiger partial charge in [-0.25, -0.2) is 4.98 Å². The maximum Gasteiger partial charge on any atom is 0.226 e. The summed E-state index contributed by atoms with van der Waals surface area (Å²) in [6.07, 6.45) is 1.08. The molecule has 1 aliphatic heterocycles. The van der Waals surface area contributed by atoms with E-state index in [-0.39, 0.29) is 11.8 Å². The van der Waals surface area contributed by atoms with Gasteiger partial charge in [0.2, 0.25) is 5.91 Å². The van der Waals surface area contributed by atoms with Crippen LogP contribution < -0.4 is 10.2 Å². The average Bonchev–Trinajstić information content (AvgIpc) is 2.85. The van der Waals surface area contributed by atoms with E-state index >= 15 is 0 Å². The largest absolute Gasteiger partial charge is 0.364 e. The molecule has 3 aromatic rings. The Hall–Kier alpha value is -2.82. The van der Waals surface area contributed by atoms with Gasteiger partial charge in [-0.15, -0.1) is 0 Å². The molecule has 0 radical (unpaired) electrons. The lowest BCUT2D eigenvalue weighted by Gasteiger charge is -2.22. The molecule has 0 unspecified atom stereocenters. The van der Waals surface area contributed by atoms with E-state index in [1.54, 1.807) is 0 Å². The van der Waals surface area contributed by atoms with Crippen LogP contribution in [0.5, 0.6) is 0 Å². The highest BCUT2D eigenvalue weighted by atomic mass is 16.1. The molecule has 1 amide bonds. The number of imidazole rings is 1. The molecule has 1 N–H and O–H groups in total. The first-order valence-corrected chi connectivity index (χ1v) is 9.22. The highest BCUT2D eigenvalue weighted by Crippen LogP contribution is 2.25. The van der Waals surface area contributed by atoms with Crippen molar-refractivity contribution in [3.05, 3.63) is 54.4 Å². The molecule has 1 aliphatic rings. The summed E-state index contributed by atoms with van der Waals surface area (Å²) < 4.78 is 2.34. The molecule has 0 aliphatic carbocycles. The molecule has 0 saturated heterocycles. The van der Waals surface area contributed by atoms with E-state index in [4.69, 9.17) is 4.98 Å². The van der Waals surface area contributed by atoms with Crippen LogP contribution >= 0.6 is 0 Å². The summed E-state index contributed by atoms with van der Waals surface area (Å²) in [5, 5.41) is 2.94. The Morgan fingerprint density at radius 1 is 1.08 bits per heavy atom. The van der Waals surface area contributed by atoms with Gasteiger partial charge in [0.1, 0.15) is 5.82 Å². The predicted molar refractivity (Wildman–Crippen MR) is 105 cm³/mol. The van der Waals surface area contributed by atoms with E-state index in [1.165, 1.54) is 5.52 Å². The molecule has 5 nitrogen and oxygen atoms in total. The quantitative estimate of drug-likeness (QED) is 0.777. The molecule has 0 fully saturated rings. The Labute approximate surface area is 153 Å². The number of carbonyl (C=O) groups excluding carboxylic acids is 1. The number of fused-ring (bicyclic) bond motifs is 3. The predicted octanol–water partition coefficient (Wildman–Crippen LogP) is 4.04. The summed E-state index contributed by atoms with van der Waals surface area (Å²) in [4.78, 5) is 19.0. The molecule has 2 aromatic carbocycles. The zero-order valence-corrected chi connectivity index (χ0v) is 15.3. The number of rotatable bonds is 3. The minimum atomic E-state index is -0.0201. The van der Waals surface area contributed by atoms with Crippen LogP contribution in [-0.2, 0) is 17.9 Å². The van der Waals surface area contributed by atoms with E-state index in [9.17, 15) is 4.79 Å². The number of nitrogens with one attached hydrogen (secondary N) is 1. The zero-order valence-electron chi connectivity index (χ0n) is 15.3. The molecule has 0 spiro atoms. The van der Waals surface area contributed by atoms with Crippen LogP contribution in [0.25, 0.3) is 11.0 Å². The molecule has 0 atom stereocenters. The van der Waals surface area contributed by atoms with Gasteiger partial charge in [-0.05, 0) is 42.8 Å². The van der Waals surface area contributed by atoms with Crippen LogP contribution in [0.2, 0.25) is 0 Å². The highest BCUT2D eigenvalue weighted by Gasteiger charge is 2.18. The molecule has 5 heteroatoms. The number of anilines is 2. The van der Waals surface area contributed by atoms with Crippen molar-refractivity contribution in [1.82, 2.24) is 9.55 Å². The van der Waals surface area contributed by atoms with E-state index in [2.05, 4.69) is 45.1 Å². The van der Waals surface area contributed by atoms with Crippen molar-refractivity contribution in [3.63, 3.8) is 0 Å². The first-order valence-electron chi connectivity index (χ1n) is 9.22. The van der Waals surface area contributed by atoms with Gasteiger partial charge in [-0.3, -0.25) is 4.79 Å². The van der Waals surface area contributed by atoms with Crippen molar-refractivity contribution in [3.8, 4) is 0 Å². The number of hydrogen-bond donors (Lipinski definition) is 1. The topological polar surface area (TPSA) is 50.2 Å². The normalized spacial score (nSPS) is 14.3. The minimum absolute atomic E-state index is 0.0201. The van der Waals surface area contributed by atoms with Crippen LogP contribution in [0.1, 0.15) is 26.1 Å². The van der Waals surface area contributed by atoms with Gasteiger partial charge in [0, 0.05) is 30.4 Å². The second-order valence-corrected chi connectivity index (χ2v) is 7.13. The summed E-state index contributed by atoms with van der Waals surface area (Å²) in [6, 6.07) is 16.4. The molecule has 2 heterocycles. The van der Waals surface area contributed by atoms with Gasteiger partial charge in [0.25, 0.3) is 0 Å². The van der Waals surface area contributed by atoms with Crippen LogP contribution in [-0.4, -0.2) is 22.0 Å². The van der Waals surface area contributed by atoms with E-state index < -0.39 is 0 Å². The number of carbonyl (C=O) groups is 1. The lowest BCUT2D eigenvalue weighted by Crippen LogP contribution is -2.23. The fourth-order valence-corrected chi connectivity index (χ4v) is 3.43. The van der Waals surface area contributed by atoms with Crippen molar-refractivity contribution in [1.29, 1.82) is 0 Å². The number of aromatic nitrogens is 2. The number of benzene rings is 2. The first kappa shape index (κ1) is 16.6. The fraction of sp³-hybridized carbons (Fsp3) is 0.333. The average molecular weight is 348 g/mol. The lowest BCUT2D eigenvalue weighted by molar-refractivity contribution is -0.118. The van der Waals surface area contributed by atoms with Crippen molar-refractivity contribution in [2.45, 2.75) is 33.4 Å². The second-order valence-electron chi connectivity index (χ2n) is 7.13. The van der Waals surface area contributed by atoms with Gasteiger partial charge < -0.3 is 14.8 Å². The first-order chi connectivity index (χ1) is 12.6. The Balaban J connectivity index is 1.55. The summed E-state index contributed by atoms with van der Waals surface area (Å²) in [5.74, 6) is 1.13. The third kappa shape index (κ3) is 3.17. The van der Waals surface area contributed by atoms with Crippen LogP contribution in [0.15, 0.2) is 48.5 Å². The van der Waals surface area contributed by atoms with Gasteiger partial charge in [-0.1, -0.05) is 26.0 Å². The number of nitrogens with zero attached hydrogens (tertiary/aromatic N) is 3. The maximum atomic E-state index is 11.8. The van der Waals surface area contributed by atoms with Gasteiger partial charge in [0.15, 0.2) is 0 Å². The summed E-state index contributed by atoms with van der Waals surface area (Å²) in [7, 11) is 0. The van der Waals surface area contributed by atoms with Crippen molar-refractivity contribution in [2.75, 3.05) is 16.8 Å². The number of hydrogen-bond acceptors (Lipinski definition) is 3. The fourth-order valence-electron chi connectivity index (χ4n) is 3.43. The molecule has 0 bridgehead atoms. The van der Waals surface area contributed by atoms with Crippen LogP contribution in [0.4, 0.5) is 11.4 Å². The van der Waals surface area contributed by atoms with Crippen LogP contribution in [0.3, 0.4) is 0 Å². The lowest BCUT2D eigenvalue weighted by atomic mass is 10.2. The summed E-state index contributed by atoms with van der Waals surface area (Å²) in [6.45, 7) is 6.58. The SMILES string of the molecule is CC(C)C(=O)Nc1ccc(N2CCCn3c(nc4ccccc43)C2)cc1. The van der Waals surface area contributed by atoms with Crippen molar-refractivity contribution in [2.24, 2.45) is 5.92 Å². The minimum Gasteiger partial charge on any atom is -0.364 e. The monoisotopic (exact) mass is 348 g/mol. The van der Waals surface area contributed by atoms with Gasteiger partial charge in [-0.2, -0.15) is 0 Å². The number of aryl methyl sites for hydroxylation is 1.